The highest BCUT2D eigenvalue weighted by Crippen LogP contribution is 2.28. The van der Waals surface area contributed by atoms with Crippen LogP contribution in [0.5, 0.6) is 0 Å². The van der Waals surface area contributed by atoms with Crippen LogP contribution in [0.2, 0.25) is 0 Å². The number of carboxylic acid groups (broad SMARTS) is 4. The Kier molecular flexibility index (Phi) is 29.6. The summed E-state index contributed by atoms with van der Waals surface area (Å²) in [5.74, 6) is -2.14. The molecule has 0 amide bonds. The molecule has 0 aromatic heterocycles. The molecule has 1 fully saturated rings. The van der Waals surface area contributed by atoms with Crippen LogP contribution in [-0.2, 0) is 0 Å². The molecule has 1 saturated carbocycles. The molecule has 0 spiro atoms. The van der Waals surface area contributed by atoms with Gasteiger partial charge in [-0.1, -0.05) is 126 Å². The quantitative estimate of drug-likeness (QED) is 0.0634. The van der Waals surface area contributed by atoms with E-state index in [1.165, 1.54) is 32.1 Å². The number of carbonyl (C=O) groups is 4. The summed E-state index contributed by atoms with van der Waals surface area (Å²) in [6, 6.07) is 33.2. The molecule has 0 saturated heterocycles. The van der Waals surface area contributed by atoms with Crippen molar-refractivity contribution in [3.05, 3.63) is 144 Å². The molecule has 0 bridgehead atoms. The highest BCUT2D eigenvalue weighted by molar-refractivity contribution is 5.88. The van der Waals surface area contributed by atoms with Gasteiger partial charge in [-0.25, -0.2) is 19.2 Å². The molecule has 0 aliphatic heterocycles. The number of benzene rings is 4. The van der Waals surface area contributed by atoms with Crippen LogP contribution < -0.4 is 0 Å². The topological polar surface area (TPSA) is 230 Å². The zero-order chi connectivity index (χ0) is 44.5. The third-order valence-electron chi connectivity index (χ3n) is 8.84. The van der Waals surface area contributed by atoms with Crippen LogP contribution >= 0.6 is 0 Å². The van der Waals surface area contributed by atoms with Gasteiger partial charge >= 0.3 is 23.9 Å². The lowest BCUT2D eigenvalue weighted by atomic mass is 9.84. The van der Waals surface area contributed by atoms with E-state index in [1.807, 2.05) is 6.92 Å². The van der Waals surface area contributed by atoms with E-state index in [4.69, 9.17) is 35.7 Å². The Balaban J connectivity index is 0.000000688. The molecule has 8 N–H and O–H groups in total. The fourth-order valence-electron chi connectivity index (χ4n) is 5.68. The summed E-state index contributed by atoms with van der Waals surface area (Å²) in [4.78, 5) is 40.8. The van der Waals surface area contributed by atoms with E-state index >= 15 is 0 Å². The second-order valence-corrected chi connectivity index (χ2v) is 14.7. The number of rotatable bonds is 13. The van der Waals surface area contributed by atoms with Gasteiger partial charge in [-0.2, -0.15) is 0 Å². The van der Waals surface area contributed by atoms with E-state index in [1.54, 1.807) is 121 Å². The van der Waals surface area contributed by atoms with E-state index in [0.29, 0.717) is 34.6 Å². The van der Waals surface area contributed by atoms with Crippen molar-refractivity contribution in [2.24, 2.45) is 17.3 Å². The van der Waals surface area contributed by atoms with Crippen LogP contribution in [0.1, 0.15) is 120 Å². The van der Waals surface area contributed by atoms with Crippen LogP contribution in [0, 0.1) is 17.3 Å². The van der Waals surface area contributed by atoms with E-state index in [-0.39, 0.29) is 31.3 Å². The predicted molar refractivity (Wildman–Crippen MR) is 229 cm³/mol. The van der Waals surface area contributed by atoms with Gasteiger partial charge in [0.05, 0.1) is 41.6 Å². The van der Waals surface area contributed by atoms with Gasteiger partial charge in [0, 0.05) is 12.0 Å². The summed E-state index contributed by atoms with van der Waals surface area (Å²) >= 11 is 0. The maximum atomic E-state index is 10.2. The van der Waals surface area contributed by atoms with E-state index in [9.17, 15) is 24.3 Å². The summed E-state index contributed by atoms with van der Waals surface area (Å²) in [5.41, 5.74) is 1.04. The van der Waals surface area contributed by atoms with E-state index in [0.717, 1.165) is 25.2 Å². The first-order valence-electron chi connectivity index (χ1n) is 19.7. The molecule has 4 aromatic rings. The van der Waals surface area contributed by atoms with Gasteiger partial charge < -0.3 is 40.9 Å². The third-order valence-corrected chi connectivity index (χ3v) is 8.84. The summed E-state index contributed by atoms with van der Waals surface area (Å²) in [6.45, 7) is 6.33. The minimum atomic E-state index is -0.879. The summed E-state index contributed by atoms with van der Waals surface area (Å²) in [5, 5.41) is 69.3. The minimum Gasteiger partial charge on any atom is -0.478 e. The van der Waals surface area contributed by atoms with Gasteiger partial charge in [-0.3, -0.25) is 0 Å². The zero-order valence-electron chi connectivity index (χ0n) is 34.5. The number of aliphatic hydroxyl groups is 4. The molecule has 59 heavy (non-hydrogen) atoms. The molecular weight excluding hydrogens is 757 g/mol. The zero-order valence-corrected chi connectivity index (χ0v) is 34.5. The van der Waals surface area contributed by atoms with Crippen molar-refractivity contribution in [2.75, 3.05) is 19.8 Å². The predicted octanol–water partition coefficient (Wildman–Crippen LogP) is 8.65. The second kappa shape index (κ2) is 32.5. The molecule has 0 heterocycles. The molecular formula is C47H64O12. The number of carboxylic acids is 4. The van der Waals surface area contributed by atoms with Gasteiger partial charge in [0.2, 0.25) is 0 Å². The highest BCUT2D eigenvalue weighted by atomic mass is 16.4. The molecule has 0 radical (unpaired) electrons. The Morgan fingerprint density at radius 1 is 0.542 bits per heavy atom. The SMILES string of the molecule is CC(C)CC(C)(CO)CO.O=C(O)c1ccccc1.O=C(O)c1ccccc1.O=C(O)c1ccccc1.O=C(O)c1ccccc1.OCCC(O)CCC1CCCCC1. The van der Waals surface area contributed by atoms with Crippen molar-refractivity contribution < 1.29 is 60.0 Å². The summed E-state index contributed by atoms with van der Waals surface area (Å²) in [7, 11) is 0. The van der Waals surface area contributed by atoms with Crippen molar-refractivity contribution in [1.82, 2.24) is 0 Å². The Morgan fingerprint density at radius 2 is 0.847 bits per heavy atom. The van der Waals surface area contributed by atoms with Crippen LogP contribution in [-0.4, -0.2) is 90.7 Å². The minimum absolute atomic E-state index is 0.0711. The maximum Gasteiger partial charge on any atom is 0.335 e. The Bertz CT molecular complexity index is 1460. The third kappa shape index (κ3) is 27.8. The van der Waals surface area contributed by atoms with Crippen LogP contribution in [0.4, 0.5) is 0 Å². The lowest BCUT2D eigenvalue weighted by Gasteiger charge is -2.26. The Morgan fingerprint density at radius 3 is 1.05 bits per heavy atom. The molecule has 1 unspecified atom stereocenters. The van der Waals surface area contributed by atoms with Crippen LogP contribution in [0.15, 0.2) is 121 Å². The van der Waals surface area contributed by atoms with Gasteiger partial charge in [0.15, 0.2) is 0 Å². The fraction of sp³-hybridized carbons (Fsp3) is 0.404. The van der Waals surface area contributed by atoms with Crippen molar-refractivity contribution in [1.29, 1.82) is 0 Å². The first kappa shape index (κ1) is 53.6. The average molecular weight is 821 g/mol. The Labute approximate surface area is 348 Å². The van der Waals surface area contributed by atoms with Gasteiger partial charge in [-0.15, -0.1) is 0 Å². The number of hydrogen-bond donors (Lipinski definition) is 8. The molecule has 4 aromatic carbocycles. The van der Waals surface area contributed by atoms with Crippen LogP contribution in [0.25, 0.3) is 0 Å². The standard InChI is InChI=1S/C11H22O2.C8H18O2.4C7H6O2/c12-9-8-11(13)7-6-10-4-2-1-3-5-10;1-7(2)4-8(3,5-9)6-10;4*8-7(9)6-4-2-1-3-5-6/h10-13H,1-9H2;7,9-10H,4-6H2,1-3H3;4*1-5H,(H,8,9). The largest absolute Gasteiger partial charge is 0.478 e. The van der Waals surface area contributed by atoms with Crippen molar-refractivity contribution >= 4 is 23.9 Å². The maximum absolute atomic E-state index is 10.2. The Hall–Kier alpha value is -5.40. The van der Waals surface area contributed by atoms with E-state index in [2.05, 4.69) is 13.8 Å². The van der Waals surface area contributed by atoms with Gasteiger partial charge in [0.1, 0.15) is 0 Å². The number of aliphatic hydroxyl groups excluding tert-OH is 4. The van der Waals surface area contributed by atoms with Gasteiger partial charge in [-0.05, 0) is 86.1 Å². The van der Waals surface area contributed by atoms with Crippen LogP contribution in [0.3, 0.4) is 0 Å². The molecule has 1 aliphatic carbocycles. The lowest BCUT2D eigenvalue weighted by Crippen LogP contribution is -2.27. The monoisotopic (exact) mass is 820 g/mol. The highest BCUT2D eigenvalue weighted by Gasteiger charge is 2.23. The first-order chi connectivity index (χ1) is 28.1. The molecule has 5 rings (SSSR count). The molecule has 1 aliphatic rings. The number of hydrogen-bond acceptors (Lipinski definition) is 8. The fourth-order valence-corrected chi connectivity index (χ4v) is 5.68. The average Bonchev–Trinajstić information content (AvgIpc) is 3.25. The van der Waals surface area contributed by atoms with Crippen molar-refractivity contribution in [3.63, 3.8) is 0 Å². The molecule has 12 nitrogen and oxygen atoms in total. The van der Waals surface area contributed by atoms with Gasteiger partial charge in [0.25, 0.3) is 0 Å². The van der Waals surface area contributed by atoms with Crippen molar-refractivity contribution in [3.8, 4) is 0 Å². The molecule has 1 atom stereocenters. The smallest absolute Gasteiger partial charge is 0.335 e. The lowest BCUT2D eigenvalue weighted by molar-refractivity contribution is 0.0524. The summed E-state index contributed by atoms with van der Waals surface area (Å²) in [6.07, 6.45) is 10.0. The summed E-state index contributed by atoms with van der Waals surface area (Å²) < 4.78 is 0. The second-order valence-electron chi connectivity index (χ2n) is 14.7. The normalized spacial score (nSPS) is 12.3. The number of aromatic carboxylic acids is 4. The molecule has 12 heteroatoms. The van der Waals surface area contributed by atoms with Crippen molar-refractivity contribution in [2.45, 2.75) is 84.7 Å². The van der Waals surface area contributed by atoms with E-state index < -0.39 is 23.9 Å². The first-order valence-corrected chi connectivity index (χ1v) is 19.7. The molecule has 324 valence electrons.